The van der Waals surface area contributed by atoms with Gasteiger partial charge in [-0.3, -0.25) is 0 Å². The molecule has 0 amide bonds. The molecule has 0 fully saturated rings. The summed E-state index contributed by atoms with van der Waals surface area (Å²) in [6.07, 6.45) is 0. The summed E-state index contributed by atoms with van der Waals surface area (Å²) < 4.78 is 0. The normalized spacial score (nSPS) is 11.9. The number of benzene rings is 8. The van der Waals surface area contributed by atoms with Gasteiger partial charge in [0.05, 0.1) is 30.3 Å². The molecule has 0 bridgehead atoms. The maximum Gasteiger partial charge on any atom is 0.102 e. The van der Waals surface area contributed by atoms with Crippen molar-refractivity contribution in [3.63, 3.8) is 0 Å². The van der Waals surface area contributed by atoms with Crippen LogP contribution in [0.25, 0.3) is 77.3 Å². The molecule has 1 aliphatic carbocycles. The van der Waals surface area contributed by atoms with Crippen LogP contribution < -0.4 is 15.9 Å². The van der Waals surface area contributed by atoms with E-state index in [1.165, 1.54) is 59.7 Å². The molecule has 0 atom stereocenters. The van der Waals surface area contributed by atoms with Crippen molar-refractivity contribution in [3.05, 3.63) is 176 Å². The number of nitrogens with zero attached hydrogens (tertiary/aromatic N) is 2. The molecule has 10 rings (SSSR count). The number of fused-ring (bicyclic) bond motifs is 5. The minimum Gasteiger partial charge on any atom is -0.244 e. The highest BCUT2D eigenvalue weighted by atomic mass is 31.1. The van der Waals surface area contributed by atoms with Crippen molar-refractivity contribution in [2.75, 3.05) is 0 Å². The van der Waals surface area contributed by atoms with Crippen LogP contribution in [0.2, 0.25) is 0 Å². The first-order valence-electron chi connectivity index (χ1n) is 16.8. The Morgan fingerprint density at radius 1 is 0.306 bits per heavy atom. The second-order valence-corrected chi connectivity index (χ2v) is 15.2. The summed E-state index contributed by atoms with van der Waals surface area (Å²) in [4.78, 5) is 10.2. The molecule has 0 N–H and O–H groups in total. The highest BCUT2D eigenvalue weighted by molar-refractivity contribution is 7.79. The van der Waals surface area contributed by atoms with Crippen LogP contribution in [0, 0.1) is 0 Å². The van der Waals surface area contributed by atoms with Crippen molar-refractivity contribution in [1.29, 1.82) is 0 Å². The maximum atomic E-state index is 5.08. The second kappa shape index (κ2) is 11.3. The van der Waals surface area contributed by atoms with E-state index in [-0.39, 0.29) is 0 Å². The number of aromatic nitrogens is 2. The van der Waals surface area contributed by atoms with Crippen molar-refractivity contribution in [2.24, 2.45) is 0 Å². The van der Waals surface area contributed by atoms with E-state index in [2.05, 4.69) is 152 Å². The largest absolute Gasteiger partial charge is 0.244 e. The van der Waals surface area contributed by atoms with E-state index >= 15 is 0 Å². The molecule has 1 aromatic heterocycles. The summed E-state index contributed by atoms with van der Waals surface area (Å²) in [5.41, 5.74) is 11.1. The van der Waals surface area contributed by atoms with Crippen LogP contribution >= 0.6 is 7.92 Å². The number of hydrogen-bond acceptors (Lipinski definition) is 2. The molecule has 0 radical (unpaired) electrons. The molecule has 0 unspecified atom stereocenters. The molecular weight excluding hydrogens is 611 g/mol. The first kappa shape index (κ1) is 28.1. The average Bonchev–Trinajstić information content (AvgIpc) is 3.48. The molecule has 0 saturated heterocycles. The van der Waals surface area contributed by atoms with E-state index < -0.39 is 7.92 Å². The Morgan fingerprint density at radius 3 is 1.39 bits per heavy atom. The predicted octanol–water partition coefficient (Wildman–Crippen LogP) is 10.4. The fourth-order valence-corrected chi connectivity index (χ4v) is 10.3. The van der Waals surface area contributed by atoms with E-state index in [4.69, 9.17) is 9.97 Å². The minimum atomic E-state index is -1.12. The maximum absolute atomic E-state index is 5.08. The van der Waals surface area contributed by atoms with Gasteiger partial charge in [0.2, 0.25) is 0 Å². The predicted molar refractivity (Wildman–Crippen MR) is 210 cm³/mol. The standard InChI is InChI=1S/C46H29N2P/c1-3-12-31(13-4-1)49(32-14-5-2-6-15-32)33-24-22-30(23-25-33)34-26-27-37(36-17-8-7-16-35(34)36)38-28-29-41-44-39(38)18-11-19-40(44)45-46(41)48-43-21-10-9-20-42(43)47-45/h1-29H/p+1. The lowest BCUT2D eigenvalue weighted by atomic mass is 9.89. The van der Waals surface area contributed by atoms with Crippen LogP contribution in [0.1, 0.15) is 0 Å². The number of hydrogen-bond donors (Lipinski definition) is 0. The van der Waals surface area contributed by atoms with Crippen LogP contribution in [-0.2, 0) is 0 Å². The van der Waals surface area contributed by atoms with E-state index in [0.717, 1.165) is 33.5 Å². The van der Waals surface area contributed by atoms with Gasteiger partial charge in [0, 0.05) is 16.5 Å². The van der Waals surface area contributed by atoms with Gasteiger partial charge in [-0.05, 0) is 86.9 Å². The van der Waals surface area contributed by atoms with Gasteiger partial charge in [-0.15, -0.1) is 0 Å². The molecule has 9 aromatic rings. The highest BCUT2D eigenvalue weighted by Crippen LogP contribution is 2.49. The summed E-state index contributed by atoms with van der Waals surface area (Å²) in [5.74, 6) is 0. The van der Waals surface area contributed by atoms with Crippen molar-refractivity contribution in [2.45, 2.75) is 0 Å². The molecule has 1 aliphatic rings. The lowest BCUT2D eigenvalue weighted by Gasteiger charge is -2.15. The van der Waals surface area contributed by atoms with E-state index in [1.807, 2.05) is 24.3 Å². The summed E-state index contributed by atoms with van der Waals surface area (Å²) in [6, 6.07) is 64.0. The zero-order valence-corrected chi connectivity index (χ0v) is 27.6. The summed E-state index contributed by atoms with van der Waals surface area (Å²) in [7, 11) is -1.12. The van der Waals surface area contributed by atoms with Gasteiger partial charge in [-0.1, -0.05) is 127 Å². The van der Waals surface area contributed by atoms with Gasteiger partial charge in [0.15, 0.2) is 0 Å². The van der Waals surface area contributed by atoms with Crippen LogP contribution in [0.4, 0.5) is 0 Å². The molecule has 0 aliphatic heterocycles. The molecule has 1 heterocycles. The fraction of sp³-hybridized carbons (Fsp3) is 0. The zero-order valence-electron chi connectivity index (χ0n) is 26.6. The Morgan fingerprint density at radius 2 is 0.755 bits per heavy atom. The Balaban J connectivity index is 1.09. The number of para-hydroxylation sites is 2. The molecular formula is C46H30N2P+. The average molecular weight is 642 g/mol. The molecule has 8 aromatic carbocycles. The third-order valence-corrected chi connectivity index (χ3v) is 12.7. The Hall–Kier alpha value is -5.95. The summed E-state index contributed by atoms with van der Waals surface area (Å²) in [5, 5.41) is 9.16. The van der Waals surface area contributed by atoms with E-state index in [0.29, 0.717) is 0 Å². The second-order valence-electron chi connectivity index (χ2n) is 12.7. The highest BCUT2D eigenvalue weighted by Gasteiger charge is 2.27. The molecule has 3 heteroatoms. The van der Waals surface area contributed by atoms with Crippen LogP contribution in [0.15, 0.2) is 176 Å². The third-order valence-electron chi connectivity index (χ3n) is 9.95. The lowest BCUT2D eigenvalue weighted by Crippen LogP contribution is -2.20. The number of rotatable bonds is 5. The molecule has 228 valence electrons. The van der Waals surface area contributed by atoms with Crippen molar-refractivity contribution < 1.29 is 0 Å². The minimum absolute atomic E-state index is 0.929. The molecule has 2 nitrogen and oxygen atoms in total. The van der Waals surface area contributed by atoms with Gasteiger partial charge in [0.1, 0.15) is 15.9 Å². The van der Waals surface area contributed by atoms with Gasteiger partial charge in [-0.25, -0.2) is 9.97 Å². The fourth-order valence-electron chi connectivity index (χ4n) is 7.72. The quantitative estimate of drug-likeness (QED) is 0.175. The van der Waals surface area contributed by atoms with Crippen molar-refractivity contribution >= 4 is 56.4 Å². The third kappa shape index (κ3) is 4.53. The van der Waals surface area contributed by atoms with Crippen LogP contribution in [0.3, 0.4) is 0 Å². The van der Waals surface area contributed by atoms with Crippen molar-refractivity contribution in [1.82, 2.24) is 9.97 Å². The Labute approximate surface area is 286 Å². The Bertz CT molecular complexity index is 2610. The first-order valence-corrected chi connectivity index (χ1v) is 18.3. The van der Waals surface area contributed by atoms with Crippen molar-refractivity contribution in [3.8, 4) is 44.8 Å². The summed E-state index contributed by atoms with van der Waals surface area (Å²) in [6.45, 7) is 0. The van der Waals surface area contributed by atoms with E-state index in [1.54, 1.807) is 0 Å². The Kier molecular flexibility index (Phi) is 6.50. The monoisotopic (exact) mass is 641 g/mol. The summed E-state index contributed by atoms with van der Waals surface area (Å²) >= 11 is 0. The van der Waals surface area contributed by atoms with Gasteiger partial charge in [0.25, 0.3) is 0 Å². The molecule has 0 spiro atoms. The van der Waals surface area contributed by atoms with E-state index in [9.17, 15) is 0 Å². The van der Waals surface area contributed by atoms with Gasteiger partial charge >= 0.3 is 0 Å². The zero-order chi connectivity index (χ0) is 32.3. The van der Waals surface area contributed by atoms with Crippen LogP contribution in [-0.4, -0.2) is 9.97 Å². The topological polar surface area (TPSA) is 25.8 Å². The first-order chi connectivity index (χ1) is 24.3. The van der Waals surface area contributed by atoms with Crippen LogP contribution in [0.5, 0.6) is 0 Å². The SMILES string of the molecule is c1ccc([PH+](c2ccccc2)c2ccc(-c3ccc(-c4ccc5c6c(cccc46)-c4nc6ccccc6nc4-5)c4ccccc34)cc2)cc1. The molecule has 49 heavy (non-hydrogen) atoms. The lowest BCUT2D eigenvalue weighted by molar-refractivity contribution is 1.32. The molecule has 0 saturated carbocycles. The smallest absolute Gasteiger partial charge is 0.102 e. The van der Waals surface area contributed by atoms with Gasteiger partial charge in [-0.2, -0.15) is 0 Å². The van der Waals surface area contributed by atoms with Gasteiger partial charge < -0.3 is 0 Å².